The molecule has 1 aromatic carbocycles. The fourth-order valence-corrected chi connectivity index (χ4v) is 2.86. The van der Waals surface area contributed by atoms with Gasteiger partial charge in [0.15, 0.2) is 11.5 Å². The van der Waals surface area contributed by atoms with Gasteiger partial charge in [0.25, 0.3) is 5.91 Å². The van der Waals surface area contributed by atoms with E-state index in [1.807, 2.05) is 6.07 Å². The van der Waals surface area contributed by atoms with E-state index in [0.717, 1.165) is 3.57 Å². The van der Waals surface area contributed by atoms with E-state index < -0.39 is 5.91 Å². The third-order valence-electron chi connectivity index (χ3n) is 3.14. The van der Waals surface area contributed by atoms with E-state index >= 15 is 0 Å². The van der Waals surface area contributed by atoms with Crippen LogP contribution in [-0.2, 0) is 11.3 Å². The molecule has 2 aromatic rings. The van der Waals surface area contributed by atoms with Crippen LogP contribution in [0.25, 0.3) is 6.08 Å². The Hall–Kier alpha value is -2.47. The number of furan rings is 1. The van der Waals surface area contributed by atoms with E-state index in [0.29, 0.717) is 22.8 Å². The first kappa shape index (κ1) is 17.9. The molecule has 0 fully saturated rings. The van der Waals surface area contributed by atoms with Gasteiger partial charge in [0, 0.05) is 0 Å². The van der Waals surface area contributed by atoms with Gasteiger partial charge in [0.05, 0.1) is 30.6 Å². The van der Waals surface area contributed by atoms with E-state index in [-0.39, 0.29) is 12.1 Å². The molecule has 0 bridgehead atoms. The van der Waals surface area contributed by atoms with Crippen molar-refractivity contribution in [1.29, 1.82) is 5.26 Å². The topological polar surface area (TPSA) is 84.5 Å². The van der Waals surface area contributed by atoms with Crippen molar-refractivity contribution in [2.75, 3.05) is 14.2 Å². The molecule has 2 rings (SSSR count). The standard InChI is InChI=1S/C17H15IN2O4/c1-22-15-8-11(7-14(18)16(15)23-2)6-12(9-19)17(21)20-10-13-4-3-5-24-13/h3-8H,10H2,1-2H3,(H,20,21)/b12-6+. The number of hydrogen-bond donors (Lipinski definition) is 1. The van der Waals surface area contributed by atoms with E-state index in [1.54, 1.807) is 31.4 Å². The van der Waals surface area contributed by atoms with Crippen LogP contribution >= 0.6 is 22.6 Å². The summed E-state index contributed by atoms with van der Waals surface area (Å²) < 4.78 is 16.5. The third kappa shape index (κ3) is 4.29. The van der Waals surface area contributed by atoms with Gasteiger partial charge in [-0.2, -0.15) is 5.26 Å². The van der Waals surface area contributed by atoms with Crippen LogP contribution in [0, 0.1) is 14.9 Å². The molecule has 1 N–H and O–H groups in total. The number of amides is 1. The van der Waals surface area contributed by atoms with Crippen molar-refractivity contribution in [3.8, 4) is 17.6 Å². The van der Waals surface area contributed by atoms with Crippen LogP contribution in [0.5, 0.6) is 11.5 Å². The molecule has 24 heavy (non-hydrogen) atoms. The van der Waals surface area contributed by atoms with Crippen LogP contribution in [0.15, 0.2) is 40.5 Å². The van der Waals surface area contributed by atoms with Crippen molar-refractivity contribution in [1.82, 2.24) is 5.32 Å². The Morgan fingerprint density at radius 2 is 2.21 bits per heavy atom. The minimum atomic E-state index is -0.473. The molecule has 0 radical (unpaired) electrons. The molecule has 0 atom stereocenters. The monoisotopic (exact) mass is 438 g/mol. The maximum absolute atomic E-state index is 12.1. The van der Waals surface area contributed by atoms with Gasteiger partial charge < -0.3 is 19.2 Å². The number of hydrogen-bond acceptors (Lipinski definition) is 5. The largest absolute Gasteiger partial charge is 0.493 e. The molecule has 0 saturated heterocycles. The molecule has 124 valence electrons. The molecule has 0 aliphatic heterocycles. The normalized spacial score (nSPS) is 10.8. The number of nitrogens with zero attached hydrogens (tertiary/aromatic N) is 1. The summed E-state index contributed by atoms with van der Waals surface area (Å²) in [6.07, 6.45) is 3.02. The number of ether oxygens (including phenoxy) is 2. The van der Waals surface area contributed by atoms with E-state index in [4.69, 9.17) is 13.9 Å². The lowest BCUT2D eigenvalue weighted by Gasteiger charge is -2.10. The second-order valence-electron chi connectivity index (χ2n) is 4.67. The highest BCUT2D eigenvalue weighted by molar-refractivity contribution is 14.1. The zero-order valence-corrected chi connectivity index (χ0v) is 15.3. The highest BCUT2D eigenvalue weighted by Gasteiger charge is 2.13. The predicted octanol–water partition coefficient (Wildman–Crippen LogP) is 3.12. The Labute approximate surface area is 153 Å². The second kappa shape index (κ2) is 8.40. The average Bonchev–Trinajstić information content (AvgIpc) is 3.10. The molecule has 7 heteroatoms. The maximum atomic E-state index is 12.1. The van der Waals surface area contributed by atoms with Crippen molar-refractivity contribution in [3.05, 3.63) is 51.0 Å². The van der Waals surface area contributed by atoms with Gasteiger partial charge in [-0.05, 0) is 58.5 Å². The maximum Gasteiger partial charge on any atom is 0.262 e. The first-order valence-corrected chi connectivity index (χ1v) is 8.00. The number of halogens is 1. The zero-order valence-electron chi connectivity index (χ0n) is 13.1. The Kier molecular flexibility index (Phi) is 6.26. The fourth-order valence-electron chi connectivity index (χ4n) is 2.01. The quantitative estimate of drug-likeness (QED) is 0.426. The molecule has 0 aliphatic carbocycles. The number of rotatable bonds is 6. The van der Waals surface area contributed by atoms with Crippen molar-refractivity contribution in [2.24, 2.45) is 0 Å². The van der Waals surface area contributed by atoms with Crippen molar-refractivity contribution in [2.45, 2.75) is 6.54 Å². The van der Waals surface area contributed by atoms with Gasteiger partial charge in [-0.3, -0.25) is 4.79 Å². The fraction of sp³-hybridized carbons (Fsp3) is 0.176. The first-order chi connectivity index (χ1) is 11.6. The SMILES string of the molecule is COc1cc(/C=C(\C#N)C(=O)NCc2ccco2)cc(I)c1OC. The summed E-state index contributed by atoms with van der Waals surface area (Å²) in [7, 11) is 3.08. The summed E-state index contributed by atoms with van der Waals surface area (Å²) in [6, 6.07) is 8.89. The van der Waals surface area contributed by atoms with E-state index in [9.17, 15) is 10.1 Å². The van der Waals surface area contributed by atoms with Crippen molar-refractivity contribution < 1.29 is 18.7 Å². The number of carbonyl (C=O) groups is 1. The highest BCUT2D eigenvalue weighted by atomic mass is 127. The van der Waals surface area contributed by atoms with Gasteiger partial charge in [-0.1, -0.05) is 0 Å². The minimum absolute atomic E-state index is 0.00965. The summed E-state index contributed by atoms with van der Waals surface area (Å²) in [6.45, 7) is 0.217. The molecule has 6 nitrogen and oxygen atoms in total. The summed E-state index contributed by atoms with van der Waals surface area (Å²) in [5.41, 5.74) is 0.659. The summed E-state index contributed by atoms with van der Waals surface area (Å²) in [4.78, 5) is 12.1. The Morgan fingerprint density at radius 3 is 2.79 bits per heavy atom. The molecular weight excluding hydrogens is 423 g/mol. The molecule has 1 aromatic heterocycles. The van der Waals surface area contributed by atoms with Crippen molar-refractivity contribution >= 4 is 34.6 Å². The second-order valence-corrected chi connectivity index (χ2v) is 5.83. The third-order valence-corrected chi connectivity index (χ3v) is 3.94. The van der Waals surface area contributed by atoms with Gasteiger partial charge in [-0.25, -0.2) is 0 Å². The predicted molar refractivity (Wildman–Crippen MR) is 96.4 cm³/mol. The van der Waals surface area contributed by atoms with Gasteiger partial charge in [-0.15, -0.1) is 0 Å². The van der Waals surface area contributed by atoms with Crippen molar-refractivity contribution in [3.63, 3.8) is 0 Å². The molecule has 0 spiro atoms. The average molecular weight is 438 g/mol. The zero-order chi connectivity index (χ0) is 17.5. The van der Waals surface area contributed by atoms with Gasteiger partial charge in [0.1, 0.15) is 17.4 Å². The lowest BCUT2D eigenvalue weighted by atomic mass is 10.1. The molecule has 1 amide bonds. The lowest BCUT2D eigenvalue weighted by molar-refractivity contribution is -0.117. The summed E-state index contributed by atoms with van der Waals surface area (Å²) in [5, 5.41) is 11.9. The number of carbonyl (C=O) groups excluding carboxylic acids is 1. The Balaban J connectivity index is 2.22. The van der Waals surface area contributed by atoms with Crippen LogP contribution in [0.3, 0.4) is 0 Å². The van der Waals surface area contributed by atoms with Crippen LogP contribution in [0.2, 0.25) is 0 Å². The molecule has 1 heterocycles. The van der Waals surface area contributed by atoms with Gasteiger partial charge >= 0.3 is 0 Å². The molecule has 0 aliphatic rings. The Morgan fingerprint density at radius 1 is 1.42 bits per heavy atom. The van der Waals surface area contributed by atoms with Crippen LogP contribution in [0.1, 0.15) is 11.3 Å². The smallest absolute Gasteiger partial charge is 0.262 e. The first-order valence-electron chi connectivity index (χ1n) is 6.93. The molecule has 0 unspecified atom stereocenters. The molecular formula is C17H15IN2O4. The molecule has 0 saturated carbocycles. The van der Waals surface area contributed by atoms with Crippen LogP contribution < -0.4 is 14.8 Å². The number of nitriles is 1. The van der Waals surface area contributed by atoms with E-state index in [2.05, 4.69) is 27.9 Å². The summed E-state index contributed by atoms with van der Waals surface area (Å²) >= 11 is 2.10. The number of nitrogens with one attached hydrogen (secondary N) is 1. The van der Waals surface area contributed by atoms with Crippen LogP contribution in [-0.4, -0.2) is 20.1 Å². The number of methoxy groups -OCH3 is 2. The number of benzene rings is 1. The Bertz CT molecular complexity index is 792. The lowest BCUT2D eigenvalue weighted by Crippen LogP contribution is -2.23. The van der Waals surface area contributed by atoms with Crippen LogP contribution in [0.4, 0.5) is 0 Å². The summed E-state index contributed by atoms with van der Waals surface area (Å²) in [5.74, 6) is 1.28. The minimum Gasteiger partial charge on any atom is -0.493 e. The van der Waals surface area contributed by atoms with E-state index in [1.165, 1.54) is 19.4 Å². The highest BCUT2D eigenvalue weighted by Crippen LogP contribution is 2.34. The van der Waals surface area contributed by atoms with Gasteiger partial charge in [0.2, 0.25) is 0 Å².